The number of hydrogen-bond acceptors (Lipinski definition) is 5. The van der Waals surface area contributed by atoms with Crippen molar-refractivity contribution in [1.29, 1.82) is 0 Å². The van der Waals surface area contributed by atoms with E-state index in [1.54, 1.807) is 0 Å². The van der Waals surface area contributed by atoms with Crippen molar-refractivity contribution < 1.29 is 12.3 Å². The summed E-state index contributed by atoms with van der Waals surface area (Å²) in [6, 6.07) is 19.8. The fourth-order valence-electron chi connectivity index (χ4n) is 5.85. The second-order valence-electron chi connectivity index (χ2n) is 12.5. The molecular weight excluding hydrogens is 648 g/mol. The molecular formula is C35H45Cl3N5V. The van der Waals surface area contributed by atoms with Crippen molar-refractivity contribution in [1.82, 2.24) is 4.98 Å². The van der Waals surface area contributed by atoms with Crippen molar-refractivity contribution in [3.8, 4) is 0 Å². The number of anilines is 4. The fourth-order valence-corrected chi connectivity index (χ4v) is 5.85. The van der Waals surface area contributed by atoms with Crippen molar-refractivity contribution in [2.24, 2.45) is 0 Å². The SMILES string of the molecule is CC(C)c1cccc(C(C)C)c1N1C=CN(c2cccc(N3C=CN(c4c(C(C)C)cccc4C(C)C)C3)n2)C1.[Cl][V]([Cl])[Cl]. The summed E-state index contributed by atoms with van der Waals surface area (Å²) in [5.41, 5.74) is 8.25. The molecule has 44 heavy (non-hydrogen) atoms. The van der Waals surface area contributed by atoms with Gasteiger partial charge in [0.2, 0.25) is 0 Å². The van der Waals surface area contributed by atoms with Gasteiger partial charge in [-0.3, -0.25) is 0 Å². The third kappa shape index (κ3) is 8.11. The first-order valence-corrected chi connectivity index (χ1v) is 21.1. The quantitative estimate of drug-likeness (QED) is 0.234. The fraction of sp³-hybridized carbons (Fsp3) is 0.400. The van der Waals surface area contributed by atoms with Gasteiger partial charge >= 0.3 is 41.8 Å². The number of halogens is 3. The Morgan fingerprint density at radius 2 is 0.773 bits per heavy atom. The Balaban J connectivity index is 0.00000104. The van der Waals surface area contributed by atoms with Crippen LogP contribution < -0.4 is 19.6 Å². The third-order valence-electron chi connectivity index (χ3n) is 8.03. The first-order valence-electron chi connectivity index (χ1n) is 15.3. The maximum atomic E-state index is 5.12. The van der Waals surface area contributed by atoms with Crippen LogP contribution in [0.15, 0.2) is 79.4 Å². The van der Waals surface area contributed by atoms with Gasteiger partial charge in [-0.25, -0.2) is 4.98 Å². The molecule has 0 amide bonds. The Hall–Kier alpha value is -2.28. The van der Waals surface area contributed by atoms with Crippen molar-refractivity contribution in [3.63, 3.8) is 0 Å². The summed E-state index contributed by atoms with van der Waals surface area (Å²) in [6.45, 7) is 19.7. The van der Waals surface area contributed by atoms with Crippen LogP contribution in [0.4, 0.5) is 23.0 Å². The van der Waals surface area contributed by atoms with Gasteiger partial charge in [-0.15, -0.1) is 0 Å². The van der Waals surface area contributed by atoms with E-state index in [9.17, 15) is 0 Å². The molecule has 0 radical (unpaired) electrons. The molecule has 0 atom stereocenters. The molecule has 0 spiro atoms. The second kappa shape index (κ2) is 15.3. The van der Waals surface area contributed by atoms with E-state index in [1.807, 2.05) is 0 Å². The zero-order valence-corrected chi connectivity index (χ0v) is 30.7. The molecule has 236 valence electrons. The molecule has 0 saturated carbocycles. The summed E-state index contributed by atoms with van der Waals surface area (Å²) in [7, 11) is 14.9. The van der Waals surface area contributed by atoms with Crippen LogP contribution in [0.2, 0.25) is 0 Å². The normalized spacial score (nSPS) is 14.7. The van der Waals surface area contributed by atoms with Crippen molar-refractivity contribution >= 4 is 52.6 Å². The summed E-state index contributed by atoms with van der Waals surface area (Å²) in [5, 5.41) is 0. The number of hydrogen-bond donors (Lipinski definition) is 0. The molecule has 2 aromatic carbocycles. The monoisotopic (exact) mass is 691 g/mol. The van der Waals surface area contributed by atoms with Gasteiger partial charge in [-0.2, -0.15) is 0 Å². The molecule has 0 fully saturated rings. The van der Waals surface area contributed by atoms with E-state index in [-0.39, 0.29) is 0 Å². The molecule has 3 heterocycles. The number of pyridine rings is 1. The summed E-state index contributed by atoms with van der Waals surface area (Å²) < 4.78 is 0. The van der Waals surface area contributed by atoms with E-state index in [0.29, 0.717) is 23.7 Å². The number of rotatable bonds is 8. The molecule has 2 aliphatic rings. The van der Waals surface area contributed by atoms with Crippen molar-refractivity contribution in [3.05, 3.63) is 102 Å². The molecule has 1 aromatic heterocycles. The van der Waals surface area contributed by atoms with E-state index in [4.69, 9.17) is 34.5 Å². The molecule has 0 aliphatic carbocycles. The number of benzene rings is 2. The van der Waals surface area contributed by atoms with E-state index in [1.165, 1.54) is 33.6 Å². The molecule has 9 heteroatoms. The van der Waals surface area contributed by atoms with Crippen LogP contribution in [0.1, 0.15) is 101 Å². The zero-order valence-electron chi connectivity index (χ0n) is 27.0. The third-order valence-corrected chi connectivity index (χ3v) is 8.03. The van der Waals surface area contributed by atoms with Gasteiger partial charge in [-0.05, 0) is 58.1 Å². The van der Waals surface area contributed by atoms with Crippen molar-refractivity contribution in [2.75, 3.05) is 32.9 Å². The Morgan fingerprint density at radius 1 is 0.500 bits per heavy atom. The number of para-hydroxylation sites is 2. The summed E-state index contributed by atoms with van der Waals surface area (Å²) in [4.78, 5) is 14.4. The van der Waals surface area contributed by atoms with Gasteiger partial charge in [-0.1, -0.05) is 97.9 Å². The van der Waals surface area contributed by atoms with Gasteiger partial charge in [0.05, 0.1) is 0 Å². The van der Waals surface area contributed by atoms with Gasteiger partial charge in [0.15, 0.2) is 0 Å². The molecule has 5 rings (SSSR count). The predicted octanol–water partition coefficient (Wildman–Crippen LogP) is 11.2. The van der Waals surface area contributed by atoms with Gasteiger partial charge in [0, 0.05) is 36.2 Å². The van der Waals surface area contributed by atoms with Crippen LogP contribution in [-0.4, -0.2) is 18.3 Å². The summed E-state index contributed by atoms with van der Waals surface area (Å²) >= 11 is -1.77. The summed E-state index contributed by atoms with van der Waals surface area (Å²) in [5.74, 6) is 3.75. The zero-order chi connectivity index (χ0) is 32.1. The van der Waals surface area contributed by atoms with Crippen LogP contribution in [0.25, 0.3) is 0 Å². The van der Waals surface area contributed by atoms with Crippen LogP contribution in [0, 0.1) is 0 Å². The standard InChI is InChI=1S/C35H45N5.3ClH.V/c1-24(2)28-12-9-13-29(25(3)4)34(28)39-20-18-37(22-39)32-16-11-17-33(36-32)38-19-21-40(23-38)35-30(26(5)6)14-10-15-31(35)27(7)8;;;;/h9-21,24-27H,22-23H2,1-8H3;3*1H;/q;;;;+3/p-3. The van der Waals surface area contributed by atoms with Crippen LogP contribution >= 0.6 is 29.5 Å². The minimum atomic E-state index is -1.77. The van der Waals surface area contributed by atoms with E-state index >= 15 is 0 Å². The Kier molecular flexibility index (Phi) is 12.1. The van der Waals surface area contributed by atoms with E-state index in [0.717, 1.165) is 25.0 Å². The van der Waals surface area contributed by atoms with Crippen LogP contribution in [0.3, 0.4) is 0 Å². The average molecular weight is 693 g/mol. The minimum absolute atomic E-state index is 0.458. The molecule has 3 aromatic rings. The first-order chi connectivity index (χ1) is 20.9. The van der Waals surface area contributed by atoms with E-state index < -0.39 is 12.3 Å². The molecule has 5 nitrogen and oxygen atoms in total. The summed E-state index contributed by atoms with van der Waals surface area (Å²) in [6.07, 6.45) is 8.73. The Labute approximate surface area is 281 Å². The first kappa shape index (κ1) is 34.6. The number of nitrogens with zero attached hydrogens (tertiary/aromatic N) is 5. The van der Waals surface area contributed by atoms with Crippen LogP contribution in [-0.2, 0) is 12.3 Å². The topological polar surface area (TPSA) is 25.9 Å². The predicted molar refractivity (Wildman–Crippen MR) is 189 cm³/mol. The Morgan fingerprint density at radius 3 is 1.07 bits per heavy atom. The maximum absolute atomic E-state index is 5.12. The molecule has 2 aliphatic heterocycles. The van der Waals surface area contributed by atoms with Gasteiger partial charge < -0.3 is 19.6 Å². The molecule has 0 unspecified atom stereocenters. The second-order valence-corrected chi connectivity index (χ2v) is 19.4. The average Bonchev–Trinajstić information content (AvgIpc) is 3.67. The Bertz CT molecular complexity index is 1310. The molecule has 0 saturated heterocycles. The van der Waals surface area contributed by atoms with E-state index in [2.05, 4.69) is 154 Å². The van der Waals surface area contributed by atoms with Crippen molar-refractivity contribution in [2.45, 2.75) is 79.1 Å². The molecule has 0 N–H and O–H groups in total. The molecule has 0 bridgehead atoms. The van der Waals surface area contributed by atoms with Gasteiger partial charge in [0.25, 0.3) is 0 Å². The van der Waals surface area contributed by atoms with Gasteiger partial charge in [0.1, 0.15) is 25.0 Å². The van der Waals surface area contributed by atoms with Crippen LogP contribution in [0.5, 0.6) is 0 Å². The number of aromatic nitrogens is 1.